The van der Waals surface area contributed by atoms with Crippen LogP contribution in [-0.4, -0.2) is 22.2 Å². The van der Waals surface area contributed by atoms with Gasteiger partial charge in [-0.1, -0.05) is 45.0 Å². The van der Waals surface area contributed by atoms with Crippen molar-refractivity contribution in [1.29, 1.82) is 0 Å². The molecule has 1 heterocycles. The van der Waals surface area contributed by atoms with Crippen LogP contribution in [0.5, 0.6) is 0 Å². The molecule has 1 saturated heterocycles. The van der Waals surface area contributed by atoms with Crippen molar-refractivity contribution in [2.45, 2.75) is 64.8 Å². The molecular weight excluding hydrogens is 262 g/mol. The van der Waals surface area contributed by atoms with Gasteiger partial charge in [0.15, 0.2) is 0 Å². The van der Waals surface area contributed by atoms with E-state index in [1.165, 1.54) is 11.1 Å². The van der Waals surface area contributed by atoms with Gasteiger partial charge in [-0.25, -0.2) is 5.06 Å². The van der Waals surface area contributed by atoms with Gasteiger partial charge in [-0.15, -0.1) is 0 Å². The van der Waals surface area contributed by atoms with Crippen LogP contribution in [0.1, 0.15) is 63.5 Å². The van der Waals surface area contributed by atoms with E-state index in [2.05, 4.69) is 45.0 Å². The Morgan fingerprint density at radius 1 is 1.24 bits per heavy atom. The largest absolute Gasteiger partial charge is 0.286 e. The van der Waals surface area contributed by atoms with Crippen LogP contribution in [0.2, 0.25) is 0 Å². The fourth-order valence-electron chi connectivity index (χ4n) is 3.06. The summed E-state index contributed by atoms with van der Waals surface area (Å²) >= 11 is 0. The van der Waals surface area contributed by atoms with E-state index in [1.54, 1.807) is 0 Å². The fourth-order valence-corrected chi connectivity index (χ4v) is 3.06. The lowest BCUT2D eigenvalue weighted by molar-refractivity contribution is -0.165. The Labute approximate surface area is 127 Å². The second-order valence-electron chi connectivity index (χ2n) is 6.75. The molecule has 21 heavy (non-hydrogen) atoms. The number of benzene rings is 1. The molecule has 1 fully saturated rings. The summed E-state index contributed by atoms with van der Waals surface area (Å²) in [5.41, 5.74) is 2.74. The molecule has 2 rings (SSSR count). The Morgan fingerprint density at radius 3 is 2.43 bits per heavy atom. The van der Waals surface area contributed by atoms with E-state index >= 15 is 0 Å². The third-order valence-corrected chi connectivity index (χ3v) is 4.42. The van der Waals surface area contributed by atoms with Crippen LogP contribution in [0.4, 0.5) is 0 Å². The zero-order valence-corrected chi connectivity index (χ0v) is 13.4. The van der Waals surface area contributed by atoms with Gasteiger partial charge in [0.2, 0.25) is 5.91 Å². The van der Waals surface area contributed by atoms with Gasteiger partial charge in [-0.05, 0) is 48.6 Å². The predicted octanol–water partition coefficient (Wildman–Crippen LogP) is 4.15. The van der Waals surface area contributed by atoms with Gasteiger partial charge in [0.25, 0.3) is 0 Å². The van der Waals surface area contributed by atoms with Crippen molar-refractivity contribution in [1.82, 2.24) is 5.06 Å². The minimum Gasteiger partial charge on any atom is -0.286 e. The summed E-state index contributed by atoms with van der Waals surface area (Å²) in [6, 6.07) is 8.91. The minimum atomic E-state index is -0.134. The van der Waals surface area contributed by atoms with Gasteiger partial charge in [0.1, 0.15) is 0 Å². The maximum atomic E-state index is 11.3. The highest BCUT2D eigenvalue weighted by Crippen LogP contribution is 2.27. The smallest absolute Gasteiger partial charge is 0.246 e. The Bertz CT molecular complexity index is 467. The summed E-state index contributed by atoms with van der Waals surface area (Å²) < 4.78 is 0. The fraction of sp³-hybridized carbons (Fsp3) is 0.611. The van der Waals surface area contributed by atoms with E-state index < -0.39 is 0 Å². The van der Waals surface area contributed by atoms with Crippen LogP contribution in [-0.2, 0) is 11.2 Å². The lowest BCUT2D eigenvalue weighted by atomic mass is 9.92. The van der Waals surface area contributed by atoms with Crippen molar-refractivity contribution in [3.8, 4) is 0 Å². The van der Waals surface area contributed by atoms with Crippen LogP contribution in [0, 0.1) is 5.92 Å². The summed E-state index contributed by atoms with van der Waals surface area (Å²) in [5.74, 6) is 1.01. The molecule has 0 aromatic heterocycles. The molecule has 116 valence electrons. The monoisotopic (exact) mass is 289 g/mol. The van der Waals surface area contributed by atoms with E-state index in [-0.39, 0.29) is 11.9 Å². The number of carbonyl (C=O) groups is 1. The number of hydroxylamine groups is 2. The molecule has 1 aliphatic rings. The van der Waals surface area contributed by atoms with Crippen molar-refractivity contribution < 1.29 is 10.0 Å². The Morgan fingerprint density at radius 2 is 1.90 bits per heavy atom. The third kappa shape index (κ3) is 4.31. The molecule has 0 radical (unpaired) electrons. The van der Waals surface area contributed by atoms with Crippen LogP contribution in [0.15, 0.2) is 24.3 Å². The molecule has 0 bridgehead atoms. The zero-order chi connectivity index (χ0) is 15.4. The van der Waals surface area contributed by atoms with Crippen LogP contribution < -0.4 is 0 Å². The third-order valence-electron chi connectivity index (χ3n) is 4.42. The quantitative estimate of drug-likeness (QED) is 0.799. The minimum absolute atomic E-state index is 0.0140. The summed E-state index contributed by atoms with van der Waals surface area (Å²) in [5, 5.41) is 10.6. The highest BCUT2D eigenvalue weighted by Gasteiger charge is 2.29. The molecule has 0 saturated carbocycles. The first-order chi connectivity index (χ1) is 9.97. The Kier molecular flexibility index (Phi) is 5.40. The van der Waals surface area contributed by atoms with Gasteiger partial charge in [-0.3, -0.25) is 10.0 Å². The Hall–Kier alpha value is -1.35. The van der Waals surface area contributed by atoms with E-state index in [9.17, 15) is 10.0 Å². The maximum Gasteiger partial charge on any atom is 0.246 e. The first kappa shape index (κ1) is 16.0. The van der Waals surface area contributed by atoms with Crippen LogP contribution >= 0.6 is 0 Å². The number of hydrogen-bond donors (Lipinski definition) is 1. The predicted molar refractivity (Wildman–Crippen MR) is 84.3 cm³/mol. The molecule has 1 amide bonds. The Balaban J connectivity index is 1.85. The topological polar surface area (TPSA) is 40.5 Å². The molecule has 0 aliphatic carbocycles. The van der Waals surface area contributed by atoms with Gasteiger partial charge < -0.3 is 0 Å². The average Bonchev–Trinajstić information content (AvgIpc) is 2.76. The number of nitrogens with zero attached hydrogens (tertiary/aromatic N) is 1. The molecule has 1 aromatic carbocycles. The number of carbonyl (C=O) groups excluding carboxylic acids is 1. The van der Waals surface area contributed by atoms with Crippen LogP contribution in [0.25, 0.3) is 0 Å². The zero-order valence-electron chi connectivity index (χ0n) is 13.4. The molecular formula is C18H27NO2. The second kappa shape index (κ2) is 7.08. The van der Waals surface area contributed by atoms with Crippen molar-refractivity contribution >= 4 is 5.91 Å². The molecule has 1 aliphatic heterocycles. The number of hydrogen-bond acceptors (Lipinski definition) is 2. The van der Waals surface area contributed by atoms with Crippen molar-refractivity contribution in [2.24, 2.45) is 5.92 Å². The SMILES string of the molecule is CC(C)Cc1ccc(C(C)CCC2CCC(=O)N2O)cc1. The first-order valence-corrected chi connectivity index (χ1v) is 8.07. The van der Waals surface area contributed by atoms with Gasteiger partial charge in [0.05, 0.1) is 6.04 Å². The highest BCUT2D eigenvalue weighted by molar-refractivity contribution is 5.77. The normalized spacial score (nSPS) is 20.3. The molecule has 0 spiro atoms. The van der Waals surface area contributed by atoms with E-state index in [0.717, 1.165) is 30.7 Å². The maximum absolute atomic E-state index is 11.3. The van der Waals surface area contributed by atoms with Crippen molar-refractivity contribution in [3.05, 3.63) is 35.4 Å². The first-order valence-electron chi connectivity index (χ1n) is 8.07. The highest BCUT2D eigenvalue weighted by atomic mass is 16.5. The molecule has 3 heteroatoms. The van der Waals surface area contributed by atoms with Crippen LogP contribution in [0.3, 0.4) is 0 Å². The number of rotatable bonds is 6. The summed E-state index contributed by atoms with van der Waals surface area (Å²) in [6.45, 7) is 6.69. The lowest BCUT2D eigenvalue weighted by Gasteiger charge is -2.20. The van der Waals surface area contributed by atoms with E-state index in [1.807, 2.05) is 0 Å². The van der Waals surface area contributed by atoms with Crippen molar-refractivity contribution in [3.63, 3.8) is 0 Å². The summed E-state index contributed by atoms with van der Waals surface area (Å²) in [6.07, 6.45) is 4.27. The summed E-state index contributed by atoms with van der Waals surface area (Å²) in [4.78, 5) is 11.3. The molecule has 2 unspecified atom stereocenters. The van der Waals surface area contributed by atoms with E-state index in [0.29, 0.717) is 18.3 Å². The molecule has 3 nitrogen and oxygen atoms in total. The number of amides is 1. The summed E-state index contributed by atoms with van der Waals surface area (Å²) in [7, 11) is 0. The van der Waals surface area contributed by atoms with E-state index in [4.69, 9.17) is 0 Å². The second-order valence-corrected chi connectivity index (χ2v) is 6.75. The van der Waals surface area contributed by atoms with Gasteiger partial charge in [0, 0.05) is 6.42 Å². The van der Waals surface area contributed by atoms with Gasteiger partial charge >= 0.3 is 0 Å². The lowest BCUT2D eigenvalue weighted by Crippen LogP contribution is -2.29. The van der Waals surface area contributed by atoms with Crippen molar-refractivity contribution in [2.75, 3.05) is 0 Å². The molecule has 1 N–H and O–H groups in total. The molecule has 1 aromatic rings. The average molecular weight is 289 g/mol. The molecule has 2 atom stereocenters. The standard InChI is InChI=1S/C18H27NO2/c1-13(2)12-15-5-7-16(8-6-15)14(3)4-9-17-10-11-18(20)19(17)21/h5-8,13-14,17,21H,4,9-12H2,1-3H3. The van der Waals surface area contributed by atoms with Gasteiger partial charge in [-0.2, -0.15) is 0 Å².